The summed E-state index contributed by atoms with van der Waals surface area (Å²) in [5.41, 5.74) is 0.332. The van der Waals surface area contributed by atoms with Crippen molar-refractivity contribution < 1.29 is 13.5 Å². The molecule has 0 aliphatic carbocycles. The van der Waals surface area contributed by atoms with Gasteiger partial charge in [0.1, 0.15) is 11.9 Å². The first-order valence-electron chi connectivity index (χ1n) is 3.83. The summed E-state index contributed by atoms with van der Waals surface area (Å²) in [5.74, 6) is 0.424. The number of hydrogen-bond acceptors (Lipinski definition) is 1. The van der Waals surface area contributed by atoms with Gasteiger partial charge in [0.25, 0.3) is 0 Å². The molecule has 0 N–H and O–H groups in total. The van der Waals surface area contributed by atoms with E-state index in [9.17, 15) is 8.78 Å². The first-order valence-corrected chi connectivity index (χ1v) is 3.83. The maximum absolute atomic E-state index is 13.2. The van der Waals surface area contributed by atoms with Crippen molar-refractivity contribution in [2.24, 2.45) is 0 Å². The monoisotopic (exact) mass is 184 g/mol. The molecule has 1 atom stereocenters. The third-order valence-electron chi connectivity index (χ3n) is 1.68. The van der Waals surface area contributed by atoms with Crippen LogP contribution in [0.2, 0.25) is 0 Å². The predicted octanol–water partition coefficient (Wildman–Crippen LogP) is 3.19. The van der Waals surface area contributed by atoms with Gasteiger partial charge >= 0.3 is 0 Å². The number of rotatable bonds is 3. The van der Waals surface area contributed by atoms with Crippen molar-refractivity contribution in [1.82, 2.24) is 0 Å². The number of halogens is 2. The summed E-state index contributed by atoms with van der Waals surface area (Å²) >= 11 is 0. The molecular weight excluding hydrogens is 174 g/mol. The summed E-state index contributed by atoms with van der Waals surface area (Å²) in [6.45, 7) is 0. The number of benzene rings is 1. The summed E-state index contributed by atoms with van der Waals surface area (Å²) < 4.78 is 29.8. The molecule has 0 fully saturated rings. The van der Waals surface area contributed by atoms with Crippen LogP contribution in [-0.2, 0) is 0 Å². The van der Waals surface area contributed by atoms with Crippen molar-refractivity contribution in [2.75, 3.05) is 7.11 Å². The lowest BCUT2D eigenvalue weighted by Gasteiger charge is -2.08. The quantitative estimate of drug-likeness (QED) is 0.701. The van der Waals surface area contributed by atoms with Gasteiger partial charge in [0, 0.05) is 5.56 Å². The van der Waals surface area contributed by atoms with Crippen LogP contribution in [-0.4, -0.2) is 7.11 Å². The average molecular weight is 184 g/mol. The molecule has 1 aromatic carbocycles. The second-order valence-corrected chi connectivity index (χ2v) is 2.46. The second kappa shape index (κ2) is 4.60. The van der Waals surface area contributed by atoms with Gasteiger partial charge in [-0.15, -0.1) is 0 Å². The van der Waals surface area contributed by atoms with Gasteiger partial charge in [-0.3, -0.25) is 0 Å². The minimum Gasteiger partial charge on any atom is -0.496 e. The molecule has 1 unspecified atom stereocenters. The van der Waals surface area contributed by atoms with Gasteiger partial charge in [-0.05, 0) is 12.1 Å². The van der Waals surface area contributed by atoms with E-state index in [-0.39, 0.29) is 6.33 Å². The molecule has 0 amide bonds. The highest BCUT2D eigenvalue weighted by Crippen LogP contribution is 2.28. The molecule has 0 spiro atoms. The largest absolute Gasteiger partial charge is 0.496 e. The molecule has 1 aromatic rings. The third-order valence-corrected chi connectivity index (χ3v) is 1.68. The van der Waals surface area contributed by atoms with Gasteiger partial charge < -0.3 is 4.74 Å². The Kier molecular flexibility index (Phi) is 3.43. The van der Waals surface area contributed by atoms with E-state index in [0.717, 1.165) is 6.08 Å². The fraction of sp³-hybridized carbons (Fsp3) is 0.200. The van der Waals surface area contributed by atoms with E-state index < -0.39 is 6.17 Å². The maximum atomic E-state index is 13.2. The van der Waals surface area contributed by atoms with Crippen LogP contribution in [0.4, 0.5) is 8.78 Å². The number of hydrogen-bond donors (Lipinski definition) is 0. The highest BCUT2D eigenvalue weighted by Gasteiger charge is 2.10. The lowest BCUT2D eigenvalue weighted by atomic mass is 10.1. The predicted molar refractivity (Wildman–Crippen MR) is 47.1 cm³/mol. The first-order chi connectivity index (χ1) is 6.29. The normalized spacial score (nSPS) is 13.2. The molecule has 0 heterocycles. The van der Waals surface area contributed by atoms with Gasteiger partial charge in [-0.2, -0.15) is 0 Å². The Bertz CT molecular complexity index is 297. The zero-order valence-electron chi connectivity index (χ0n) is 7.21. The lowest BCUT2D eigenvalue weighted by molar-refractivity contribution is 0.369. The van der Waals surface area contributed by atoms with Crippen LogP contribution in [0.15, 0.2) is 36.7 Å². The number of para-hydroxylation sites is 1. The van der Waals surface area contributed by atoms with Crippen LogP contribution >= 0.6 is 0 Å². The molecule has 0 aromatic heterocycles. The fourth-order valence-electron chi connectivity index (χ4n) is 1.06. The molecule has 0 bridgehead atoms. The third kappa shape index (κ3) is 2.28. The second-order valence-electron chi connectivity index (χ2n) is 2.46. The Balaban J connectivity index is 2.98. The van der Waals surface area contributed by atoms with E-state index in [2.05, 4.69) is 0 Å². The van der Waals surface area contributed by atoms with Gasteiger partial charge in [0.05, 0.1) is 13.4 Å². The smallest absolute Gasteiger partial charge is 0.149 e. The van der Waals surface area contributed by atoms with Crippen molar-refractivity contribution in [2.45, 2.75) is 6.17 Å². The van der Waals surface area contributed by atoms with Crippen molar-refractivity contribution in [3.8, 4) is 5.75 Å². The molecule has 3 heteroatoms. The van der Waals surface area contributed by atoms with Crippen LogP contribution < -0.4 is 4.74 Å². The minimum absolute atomic E-state index is 0.192. The Hall–Kier alpha value is -1.38. The topological polar surface area (TPSA) is 9.23 Å². The Morgan fingerprint density at radius 2 is 2.08 bits per heavy atom. The van der Waals surface area contributed by atoms with Crippen molar-refractivity contribution in [3.63, 3.8) is 0 Å². The minimum atomic E-state index is -1.46. The van der Waals surface area contributed by atoms with E-state index in [0.29, 0.717) is 11.3 Å². The zero-order chi connectivity index (χ0) is 9.68. The summed E-state index contributed by atoms with van der Waals surface area (Å²) in [6, 6.07) is 6.60. The molecule has 0 saturated carbocycles. The number of alkyl halides is 1. The fourth-order valence-corrected chi connectivity index (χ4v) is 1.06. The molecule has 70 valence electrons. The molecule has 1 nitrogen and oxygen atoms in total. The molecule has 0 saturated heterocycles. The number of ether oxygens (including phenoxy) is 1. The Morgan fingerprint density at radius 1 is 1.38 bits per heavy atom. The summed E-state index contributed by atoms with van der Waals surface area (Å²) in [6.07, 6.45) is -0.434. The molecule has 1 rings (SSSR count). The first kappa shape index (κ1) is 9.71. The van der Waals surface area contributed by atoms with E-state index in [1.54, 1.807) is 24.3 Å². The molecule has 0 aliphatic heterocycles. The van der Waals surface area contributed by atoms with E-state index in [1.165, 1.54) is 7.11 Å². The Morgan fingerprint density at radius 3 is 2.69 bits per heavy atom. The molecular formula is C10H10F2O. The van der Waals surface area contributed by atoms with Crippen LogP contribution in [0.5, 0.6) is 5.75 Å². The van der Waals surface area contributed by atoms with Gasteiger partial charge in [-0.25, -0.2) is 8.78 Å². The summed E-state index contributed by atoms with van der Waals surface area (Å²) in [5, 5.41) is 0. The highest BCUT2D eigenvalue weighted by molar-refractivity contribution is 5.36. The van der Waals surface area contributed by atoms with E-state index >= 15 is 0 Å². The molecule has 0 radical (unpaired) electrons. The molecule has 0 aliphatic rings. The van der Waals surface area contributed by atoms with Crippen LogP contribution in [0.25, 0.3) is 0 Å². The van der Waals surface area contributed by atoms with Crippen LogP contribution in [0.3, 0.4) is 0 Å². The van der Waals surface area contributed by atoms with Gasteiger partial charge in [0.2, 0.25) is 0 Å². The van der Waals surface area contributed by atoms with Crippen molar-refractivity contribution in [3.05, 3.63) is 42.2 Å². The highest BCUT2D eigenvalue weighted by atomic mass is 19.1. The van der Waals surface area contributed by atoms with Gasteiger partial charge in [-0.1, -0.05) is 18.2 Å². The van der Waals surface area contributed by atoms with E-state index in [4.69, 9.17) is 4.74 Å². The van der Waals surface area contributed by atoms with Crippen LogP contribution in [0.1, 0.15) is 11.7 Å². The van der Waals surface area contributed by atoms with Crippen molar-refractivity contribution in [1.29, 1.82) is 0 Å². The van der Waals surface area contributed by atoms with E-state index in [1.807, 2.05) is 0 Å². The van der Waals surface area contributed by atoms with Gasteiger partial charge in [0.15, 0.2) is 0 Å². The SMILES string of the molecule is COc1ccccc1C(F)C=CF. The van der Waals surface area contributed by atoms with Crippen LogP contribution in [0, 0.1) is 0 Å². The molecule has 13 heavy (non-hydrogen) atoms. The van der Waals surface area contributed by atoms with Crippen molar-refractivity contribution >= 4 is 0 Å². The zero-order valence-corrected chi connectivity index (χ0v) is 7.21. The standard InChI is InChI=1S/C10H10F2O/c1-13-10-5-3-2-4-8(10)9(12)6-7-11/h2-7,9H,1H3. The number of methoxy groups -OCH3 is 1. The maximum Gasteiger partial charge on any atom is 0.149 e. The average Bonchev–Trinajstić information content (AvgIpc) is 2.18. The summed E-state index contributed by atoms with van der Waals surface area (Å²) in [4.78, 5) is 0. The number of allylic oxidation sites excluding steroid dienone is 1. The lowest BCUT2D eigenvalue weighted by Crippen LogP contribution is -1.93. The Labute approximate surface area is 75.6 Å². The summed E-state index contributed by atoms with van der Waals surface area (Å²) in [7, 11) is 1.45.